The number of aliphatic hydroxyl groups excluding tert-OH is 1. The molecule has 0 radical (unpaired) electrons. The fourth-order valence-corrected chi connectivity index (χ4v) is 1.89. The van der Waals surface area contributed by atoms with Gasteiger partial charge in [-0.1, -0.05) is 0 Å². The summed E-state index contributed by atoms with van der Waals surface area (Å²) in [5.41, 5.74) is 5.99. The molecule has 0 saturated carbocycles. The molecule has 0 aliphatic carbocycles. The molecule has 98 valence electrons. The van der Waals surface area contributed by atoms with Gasteiger partial charge in [0.2, 0.25) is 0 Å². The van der Waals surface area contributed by atoms with Crippen LogP contribution in [0.2, 0.25) is 0 Å². The maximum absolute atomic E-state index is 12.2. The van der Waals surface area contributed by atoms with Crippen molar-refractivity contribution < 1.29 is 14.6 Å². The zero-order chi connectivity index (χ0) is 13.0. The molecule has 1 aliphatic heterocycles. The molecule has 1 aromatic heterocycles. The molecule has 1 aliphatic rings. The van der Waals surface area contributed by atoms with Crippen molar-refractivity contribution >= 4 is 11.7 Å². The van der Waals surface area contributed by atoms with E-state index in [4.69, 9.17) is 10.5 Å². The molecule has 0 aromatic carbocycles. The molecule has 6 nitrogen and oxygen atoms in total. The number of aromatic nitrogens is 1. The molecule has 3 N–H and O–H groups in total. The molecule has 6 heteroatoms. The number of pyridine rings is 1. The number of amides is 1. The number of carbonyl (C=O) groups is 1. The van der Waals surface area contributed by atoms with Gasteiger partial charge in [0.05, 0.1) is 18.8 Å². The Kier molecular flexibility index (Phi) is 4.11. The van der Waals surface area contributed by atoms with Gasteiger partial charge in [-0.05, 0) is 12.1 Å². The second kappa shape index (κ2) is 5.79. The zero-order valence-corrected chi connectivity index (χ0v) is 10.1. The van der Waals surface area contributed by atoms with Crippen molar-refractivity contribution in [2.45, 2.75) is 0 Å². The molecule has 2 rings (SSSR count). The average Bonchev–Trinajstić information content (AvgIpc) is 2.64. The van der Waals surface area contributed by atoms with Crippen molar-refractivity contribution in [1.29, 1.82) is 0 Å². The van der Waals surface area contributed by atoms with E-state index in [1.165, 1.54) is 6.20 Å². The van der Waals surface area contributed by atoms with Crippen molar-refractivity contribution in [1.82, 2.24) is 9.88 Å². The smallest absolute Gasteiger partial charge is 0.255 e. The highest BCUT2D eigenvalue weighted by atomic mass is 16.5. The lowest BCUT2D eigenvalue weighted by atomic mass is 10.1. The lowest BCUT2D eigenvalue weighted by Gasteiger charge is -2.22. The number of rotatable bonds is 2. The summed E-state index contributed by atoms with van der Waals surface area (Å²) in [6, 6.07) is 3.26. The van der Waals surface area contributed by atoms with E-state index >= 15 is 0 Å². The fraction of sp³-hybridized carbons (Fsp3) is 0.500. The summed E-state index contributed by atoms with van der Waals surface area (Å²) >= 11 is 0. The highest BCUT2D eigenvalue weighted by Crippen LogP contribution is 2.11. The molecule has 0 spiro atoms. The van der Waals surface area contributed by atoms with Crippen LogP contribution in [0, 0.1) is 5.92 Å². The molecule has 1 saturated heterocycles. The van der Waals surface area contributed by atoms with Crippen LogP contribution in [-0.2, 0) is 4.74 Å². The predicted octanol–water partition coefficient (Wildman–Crippen LogP) is -0.255. The molecule has 0 unspecified atom stereocenters. The van der Waals surface area contributed by atoms with Crippen LogP contribution in [-0.4, -0.2) is 53.8 Å². The van der Waals surface area contributed by atoms with Crippen LogP contribution in [0.15, 0.2) is 18.3 Å². The highest BCUT2D eigenvalue weighted by molar-refractivity contribution is 5.94. The third kappa shape index (κ3) is 2.96. The maximum atomic E-state index is 12.2. The van der Waals surface area contributed by atoms with Gasteiger partial charge in [-0.2, -0.15) is 0 Å². The van der Waals surface area contributed by atoms with Gasteiger partial charge in [0.15, 0.2) is 0 Å². The van der Waals surface area contributed by atoms with E-state index in [9.17, 15) is 9.90 Å². The van der Waals surface area contributed by atoms with Gasteiger partial charge in [0.25, 0.3) is 5.91 Å². The normalized spacial score (nSPS) is 20.5. The predicted molar refractivity (Wildman–Crippen MR) is 65.9 cm³/mol. The summed E-state index contributed by atoms with van der Waals surface area (Å²) in [5, 5.41) is 9.18. The van der Waals surface area contributed by atoms with Gasteiger partial charge in [-0.15, -0.1) is 0 Å². The summed E-state index contributed by atoms with van der Waals surface area (Å²) in [6.45, 7) is 2.02. The molecule has 1 amide bonds. The van der Waals surface area contributed by atoms with E-state index < -0.39 is 0 Å². The van der Waals surface area contributed by atoms with E-state index in [1.54, 1.807) is 17.0 Å². The minimum absolute atomic E-state index is 0.0176. The van der Waals surface area contributed by atoms with Crippen molar-refractivity contribution in [2.75, 3.05) is 38.6 Å². The van der Waals surface area contributed by atoms with Crippen LogP contribution in [0.3, 0.4) is 0 Å². The van der Waals surface area contributed by atoms with Gasteiger partial charge in [0.1, 0.15) is 5.82 Å². The third-order valence-corrected chi connectivity index (χ3v) is 2.92. The fourth-order valence-electron chi connectivity index (χ4n) is 1.89. The minimum Gasteiger partial charge on any atom is -0.396 e. The lowest BCUT2D eigenvalue weighted by Crippen LogP contribution is -2.36. The number of ether oxygens (including phenoxy) is 1. The molecule has 2 heterocycles. The third-order valence-electron chi connectivity index (χ3n) is 2.92. The second-order valence-corrected chi connectivity index (χ2v) is 4.35. The van der Waals surface area contributed by atoms with E-state index in [2.05, 4.69) is 4.98 Å². The summed E-state index contributed by atoms with van der Waals surface area (Å²) in [7, 11) is 0. The second-order valence-electron chi connectivity index (χ2n) is 4.35. The summed E-state index contributed by atoms with van der Waals surface area (Å²) in [4.78, 5) is 17.8. The van der Waals surface area contributed by atoms with Crippen LogP contribution in [0.4, 0.5) is 5.82 Å². The first kappa shape index (κ1) is 12.8. The van der Waals surface area contributed by atoms with E-state index in [1.807, 2.05) is 0 Å². The number of nitrogen functional groups attached to an aromatic ring is 1. The minimum atomic E-state index is -0.105. The number of carbonyl (C=O) groups excluding carboxylic acids is 1. The Hall–Kier alpha value is -1.66. The highest BCUT2D eigenvalue weighted by Gasteiger charge is 2.23. The Bertz CT molecular complexity index is 408. The molecule has 0 bridgehead atoms. The Morgan fingerprint density at radius 3 is 3.11 bits per heavy atom. The lowest BCUT2D eigenvalue weighted by molar-refractivity contribution is 0.0728. The molecular weight excluding hydrogens is 234 g/mol. The van der Waals surface area contributed by atoms with Gasteiger partial charge in [-0.3, -0.25) is 4.79 Å². The average molecular weight is 251 g/mol. The summed E-state index contributed by atoms with van der Waals surface area (Å²) in [6.07, 6.45) is 1.47. The standard InChI is InChI=1S/C12H17N3O3/c13-11-2-1-10(5-14-11)12(17)15-3-4-18-8-9(6-15)7-16/h1-2,5,9,16H,3-4,6-8H2,(H2,13,14)/t9-/m1/s1. The number of aliphatic hydroxyl groups is 1. The Labute approximate surface area is 105 Å². The number of nitrogens with two attached hydrogens (primary N) is 1. The van der Waals surface area contributed by atoms with Crippen molar-refractivity contribution in [3.63, 3.8) is 0 Å². The molecule has 1 fully saturated rings. The largest absolute Gasteiger partial charge is 0.396 e. The maximum Gasteiger partial charge on any atom is 0.255 e. The van der Waals surface area contributed by atoms with Crippen LogP contribution in [0.5, 0.6) is 0 Å². The van der Waals surface area contributed by atoms with Crippen LogP contribution >= 0.6 is 0 Å². The quantitative estimate of drug-likeness (QED) is 0.756. The van der Waals surface area contributed by atoms with E-state index in [0.717, 1.165) is 0 Å². The van der Waals surface area contributed by atoms with Gasteiger partial charge < -0.3 is 20.5 Å². The Morgan fingerprint density at radius 2 is 2.44 bits per heavy atom. The number of hydrogen-bond donors (Lipinski definition) is 2. The topological polar surface area (TPSA) is 88.7 Å². The van der Waals surface area contributed by atoms with Crippen molar-refractivity contribution in [3.05, 3.63) is 23.9 Å². The number of nitrogens with zero attached hydrogens (tertiary/aromatic N) is 2. The SMILES string of the molecule is Nc1ccc(C(=O)N2CCOC[C@@H](CO)C2)cn1. The van der Waals surface area contributed by atoms with Gasteiger partial charge in [-0.25, -0.2) is 4.98 Å². The first-order chi connectivity index (χ1) is 8.70. The van der Waals surface area contributed by atoms with Crippen LogP contribution in [0.1, 0.15) is 10.4 Å². The molecule has 1 atom stereocenters. The van der Waals surface area contributed by atoms with Gasteiger partial charge >= 0.3 is 0 Å². The van der Waals surface area contributed by atoms with Crippen molar-refractivity contribution in [2.24, 2.45) is 5.92 Å². The van der Waals surface area contributed by atoms with Crippen LogP contribution < -0.4 is 5.73 Å². The monoisotopic (exact) mass is 251 g/mol. The first-order valence-electron chi connectivity index (χ1n) is 5.90. The van der Waals surface area contributed by atoms with E-state index in [-0.39, 0.29) is 18.4 Å². The molecule has 18 heavy (non-hydrogen) atoms. The zero-order valence-electron chi connectivity index (χ0n) is 10.1. The number of anilines is 1. The van der Waals surface area contributed by atoms with Crippen LogP contribution in [0.25, 0.3) is 0 Å². The van der Waals surface area contributed by atoms with Crippen molar-refractivity contribution in [3.8, 4) is 0 Å². The molecule has 1 aromatic rings. The Balaban J connectivity index is 2.09. The van der Waals surface area contributed by atoms with Gasteiger partial charge in [0, 0.05) is 31.8 Å². The summed E-state index contributed by atoms with van der Waals surface area (Å²) in [5.74, 6) is 0.253. The summed E-state index contributed by atoms with van der Waals surface area (Å²) < 4.78 is 5.34. The van der Waals surface area contributed by atoms with E-state index in [0.29, 0.717) is 37.7 Å². The number of hydrogen-bond acceptors (Lipinski definition) is 5. The first-order valence-corrected chi connectivity index (χ1v) is 5.90. The molecular formula is C12H17N3O3. The Morgan fingerprint density at radius 1 is 1.61 bits per heavy atom.